The number of nitrogens with one attached hydrogen (secondary N) is 1. The predicted molar refractivity (Wildman–Crippen MR) is 87.2 cm³/mol. The molecule has 3 N–H and O–H groups in total. The van der Waals surface area contributed by atoms with Crippen LogP contribution in [0.15, 0.2) is 35.2 Å². The lowest BCUT2D eigenvalue weighted by Crippen LogP contribution is -2.46. The van der Waals surface area contributed by atoms with Crippen molar-refractivity contribution in [3.63, 3.8) is 0 Å². The van der Waals surface area contributed by atoms with E-state index in [0.717, 1.165) is 17.1 Å². The van der Waals surface area contributed by atoms with Gasteiger partial charge in [0.15, 0.2) is 0 Å². The van der Waals surface area contributed by atoms with Crippen molar-refractivity contribution in [1.82, 2.24) is 9.62 Å². The number of nitrogens with two attached hydrogens (primary N) is 1. The van der Waals surface area contributed by atoms with Crippen LogP contribution in [0.3, 0.4) is 0 Å². The molecular weight excluding hydrogens is 326 g/mol. The Balaban J connectivity index is 0.00000242. The molecule has 1 amide bonds. The topological polar surface area (TPSA) is 92.5 Å². The van der Waals surface area contributed by atoms with Gasteiger partial charge in [0.1, 0.15) is 0 Å². The third kappa shape index (κ3) is 4.67. The molecule has 0 heterocycles. The Morgan fingerprint density at radius 3 is 2.45 bits per heavy atom. The first kappa shape index (κ1) is 18.9. The third-order valence-corrected chi connectivity index (χ3v) is 5.43. The smallest absolute Gasteiger partial charge is 0.243 e. The highest BCUT2D eigenvalue weighted by Gasteiger charge is 2.32. The highest BCUT2D eigenvalue weighted by Crippen LogP contribution is 2.32. The van der Waals surface area contributed by atoms with Gasteiger partial charge in [0.2, 0.25) is 15.9 Å². The molecule has 1 aliphatic rings. The van der Waals surface area contributed by atoms with Crippen molar-refractivity contribution in [2.75, 3.05) is 20.1 Å². The van der Waals surface area contributed by atoms with Gasteiger partial charge in [-0.1, -0.05) is 18.2 Å². The highest BCUT2D eigenvalue weighted by atomic mass is 35.5. The lowest BCUT2D eigenvalue weighted by molar-refractivity contribution is -0.121. The molecule has 0 radical (unpaired) electrons. The Morgan fingerprint density at radius 1 is 1.36 bits per heavy atom. The van der Waals surface area contributed by atoms with E-state index < -0.39 is 10.0 Å². The van der Waals surface area contributed by atoms with Crippen molar-refractivity contribution in [3.05, 3.63) is 30.3 Å². The van der Waals surface area contributed by atoms with E-state index in [1.807, 2.05) is 0 Å². The van der Waals surface area contributed by atoms with E-state index in [0.29, 0.717) is 12.5 Å². The van der Waals surface area contributed by atoms with Crippen LogP contribution in [-0.2, 0) is 14.8 Å². The second-order valence-corrected chi connectivity index (χ2v) is 7.37. The molecule has 124 valence electrons. The van der Waals surface area contributed by atoms with Crippen molar-refractivity contribution < 1.29 is 13.2 Å². The van der Waals surface area contributed by atoms with Crippen LogP contribution in [0.2, 0.25) is 0 Å². The van der Waals surface area contributed by atoms with Crippen molar-refractivity contribution in [2.45, 2.75) is 23.8 Å². The van der Waals surface area contributed by atoms with Gasteiger partial charge in [0.05, 0.1) is 11.4 Å². The second kappa shape index (κ2) is 7.92. The zero-order valence-corrected chi connectivity index (χ0v) is 14.1. The minimum absolute atomic E-state index is 0. The monoisotopic (exact) mass is 347 g/mol. The Bertz CT molecular complexity index is 591. The first-order valence-electron chi connectivity index (χ1n) is 6.96. The molecule has 1 fully saturated rings. The predicted octanol–water partition coefficient (Wildman–Crippen LogP) is 0.582. The van der Waals surface area contributed by atoms with E-state index in [4.69, 9.17) is 5.73 Å². The van der Waals surface area contributed by atoms with Crippen LogP contribution in [0.4, 0.5) is 0 Å². The maximum Gasteiger partial charge on any atom is 0.243 e. The SMILES string of the molecule is CN(CC(=O)NC(CN)C1CC1)S(=O)(=O)c1ccccc1.Cl. The summed E-state index contributed by atoms with van der Waals surface area (Å²) >= 11 is 0. The first-order valence-corrected chi connectivity index (χ1v) is 8.40. The van der Waals surface area contributed by atoms with Gasteiger partial charge in [0, 0.05) is 19.6 Å². The number of halogens is 1. The number of nitrogens with zero attached hydrogens (tertiary/aromatic N) is 1. The number of carbonyl (C=O) groups is 1. The number of carbonyl (C=O) groups excluding carboxylic acids is 1. The maximum atomic E-state index is 12.3. The number of amides is 1. The fourth-order valence-corrected chi connectivity index (χ4v) is 3.33. The van der Waals surface area contributed by atoms with E-state index in [1.54, 1.807) is 18.2 Å². The minimum atomic E-state index is -3.64. The standard InChI is InChI=1S/C14H21N3O3S.ClH/c1-17(21(19,20)12-5-3-2-4-6-12)10-14(18)16-13(9-15)11-7-8-11;/h2-6,11,13H,7-10,15H2,1H3,(H,16,18);1H. The fraction of sp³-hybridized carbons (Fsp3) is 0.500. The number of rotatable bonds is 7. The van der Waals surface area contributed by atoms with Gasteiger partial charge in [-0.3, -0.25) is 4.79 Å². The lowest BCUT2D eigenvalue weighted by Gasteiger charge is -2.20. The van der Waals surface area contributed by atoms with Crippen molar-refractivity contribution in [1.29, 1.82) is 0 Å². The van der Waals surface area contributed by atoms with Crippen LogP contribution < -0.4 is 11.1 Å². The summed E-state index contributed by atoms with van der Waals surface area (Å²) < 4.78 is 25.6. The zero-order valence-electron chi connectivity index (χ0n) is 12.4. The molecule has 1 atom stereocenters. The Morgan fingerprint density at radius 2 is 1.95 bits per heavy atom. The normalized spacial score (nSPS) is 16.0. The summed E-state index contributed by atoms with van der Waals surface area (Å²) in [5.41, 5.74) is 5.62. The van der Waals surface area contributed by atoms with Gasteiger partial charge >= 0.3 is 0 Å². The lowest BCUT2D eigenvalue weighted by atomic mass is 10.2. The molecule has 2 rings (SSSR count). The van der Waals surface area contributed by atoms with Gasteiger partial charge < -0.3 is 11.1 Å². The number of hydrogen-bond donors (Lipinski definition) is 2. The van der Waals surface area contributed by atoms with Crippen LogP contribution in [-0.4, -0.2) is 44.8 Å². The average molecular weight is 348 g/mol. The summed E-state index contributed by atoms with van der Waals surface area (Å²) in [4.78, 5) is 12.1. The average Bonchev–Trinajstić information content (AvgIpc) is 3.30. The molecule has 0 saturated heterocycles. The molecule has 1 aromatic carbocycles. The van der Waals surface area contributed by atoms with Crippen LogP contribution >= 0.6 is 12.4 Å². The summed E-state index contributed by atoms with van der Waals surface area (Å²) in [5.74, 6) is 0.120. The van der Waals surface area contributed by atoms with Gasteiger partial charge in [-0.05, 0) is 30.9 Å². The summed E-state index contributed by atoms with van der Waals surface area (Å²) in [6.07, 6.45) is 2.14. The van der Waals surface area contributed by atoms with Crippen molar-refractivity contribution in [3.8, 4) is 0 Å². The van der Waals surface area contributed by atoms with Crippen LogP contribution in [0.5, 0.6) is 0 Å². The molecule has 1 unspecified atom stereocenters. The summed E-state index contributed by atoms with van der Waals surface area (Å²) in [7, 11) is -2.24. The van der Waals surface area contributed by atoms with E-state index in [2.05, 4.69) is 5.32 Å². The largest absolute Gasteiger partial charge is 0.351 e. The molecular formula is C14H22ClN3O3S. The quantitative estimate of drug-likeness (QED) is 0.754. The molecule has 0 aliphatic heterocycles. The van der Waals surface area contributed by atoms with E-state index in [1.165, 1.54) is 19.2 Å². The van der Waals surface area contributed by atoms with Crippen LogP contribution in [0, 0.1) is 5.92 Å². The minimum Gasteiger partial charge on any atom is -0.351 e. The van der Waals surface area contributed by atoms with Gasteiger partial charge in [-0.15, -0.1) is 12.4 Å². The Kier molecular flexibility index (Phi) is 6.80. The molecule has 6 nitrogen and oxygen atoms in total. The highest BCUT2D eigenvalue weighted by molar-refractivity contribution is 7.89. The van der Waals surface area contributed by atoms with Crippen LogP contribution in [0.1, 0.15) is 12.8 Å². The Hall–Kier alpha value is -1.15. The van der Waals surface area contributed by atoms with Gasteiger partial charge in [0.25, 0.3) is 0 Å². The number of sulfonamides is 1. The summed E-state index contributed by atoms with van der Waals surface area (Å²) in [6.45, 7) is 0.173. The van der Waals surface area contributed by atoms with E-state index in [9.17, 15) is 13.2 Å². The number of benzene rings is 1. The van der Waals surface area contributed by atoms with Crippen LogP contribution in [0.25, 0.3) is 0 Å². The molecule has 0 bridgehead atoms. The van der Waals surface area contributed by atoms with E-state index in [-0.39, 0.29) is 35.8 Å². The van der Waals surface area contributed by atoms with Crippen molar-refractivity contribution in [2.24, 2.45) is 11.7 Å². The molecule has 8 heteroatoms. The number of hydrogen-bond acceptors (Lipinski definition) is 4. The van der Waals surface area contributed by atoms with E-state index >= 15 is 0 Å². The zero-order chi connectivity index (χ0) is 15.5. The number of likely N-dealkylation sites (N-methyl/N-ethyl adjacent to an activating group) is 1. The summed E-state index contributed by atoms with van der Waals surface area (Å²) in [6, 6.07) is 8.02. The van der Waals surface area contributed by atoms with Crippen molar-refractivity contribution >= 4 is 28.3 Å². The summed E-state index contributed by atoms with van der Waals surface area (Å²) in [5, 5.41) is 2.81. The molecule has 0 aromatic heterocycles. The second-order valence-electron chi connectivity index (χ2n) is 5.32. The molecule has 22 heavy (non-hydrogen) atoms. The maximum absolute atomic E-state index is 12.3. The molecule has 1 aromatic rings. The Labute approximate surface area is 137 Å². The molecule has 0 spiro atoms. The third-order valence-electron chi connectivity index (χ3n) is 3.61. The molecule has 1 saturated carbocycles. The first-order chi connectivity index (χ1) is 9.95. The fourth-order valence-electron chi connectivity index (χ4n) is 2.18. The van der Waals surface area contributed by atoms with Gasteiger partial charge in [-0.2, -0.15) is 4.31 Å². The van der Waals surface area contributed by atoms with Gasteiger partial charge in [-0.25, -0.2) is 8.42 Å². The molecule has 1 aliphatic carbocycles.